The standard InChI is InChI=1S/C18H20N4O2.CH2O2/c1-21(2)11-18(23)20-13-8-9-15-14(10-13)19-12-22(15)16-6-4-5-7-17(16)24-3;2-1-3/h4-10,12H,11H2,1-3H3,(H,20,23);1H,(H,2,3). The van der Waals surface area contributed by atoms with Crippen LogP contribution in [-0.2, 0) is 9.59 Å². The Bertz CT molecular complexity index is 921. The van der Waals surface area contributed by atoms with Crippen molar-refractivity contribution < 1.29 is 19.4 Å². The molecule has 0 spiro atoms. The van der Waals surface area contributed by atoms with E-state index in [1.165, 1.54) is 0 Å². The number of ether oxygens (including phenoxy) is 1. The number of rotatable bonds is 5. The molecule has 0 unspecified atom stereocenters. The van der Waals surface area contributed by atoms with E-state index < -0.39 is 0 Å². The summed E-state index contributed by atoms with van der Waals surface area (Å²) in [6.07, 6.45) is 1.76. The predicted octanol–water partition coefficient (Wildman–Crippen LogP) is 2.23. The number of nitrogens with zero attached hydrogens (tertiary/aromatic N) is 3. The number of anilines is 1. The molecular weight excluding hydrogens is 348 g/mol. The van der Waals surface area contributed by atoms with Crippen LogP contribution < -0.4 is 10.1 Å². The lowest BCUT2D eigenvalue weighted by Gasteiger charge is -2.11. The van der Waals surface area contributed by atoms with Gasteiger partial charge in [0.1, 0.15) is 12.1 Å². The maximum absolute atomic E-state index is 11.9. The molecule has 1 heterocycles. The monoisotopic (exact) mass is 370 g/mol. The van der Waals surface area contributed by atoms with Crippen LogP contribution in [0.2, 0.25) is 0 Å². The maximum Gasteiger partial charge on any atom is 0.290 e. The van der Waals surface area contributed by atoms with Gasteiger partial charge in [0.05, 0.1) is 30.4 Å². The van der Waals surface area contributed by atoms with Crippen molar-refractivity contribution >= 4 is 29.1 Å². The smallest absolute Gasteiger partial charge is 0.290 e. The fourth-order valence-corrected chi connectivity index (χ4v) is 2.60. The van der Waals surface area contributed by atoms with Crippen LogP contribution in [-0.4, -0.2) is 59.7 Å². The summed E-state index contributed by atoms with van der Waals surface area (Å²) in [5.74, 6) is 0.726. The number of hydrogen-bond donors (Lipinski definition) is 2. The van der Waals surface area contributed by atoms with E-state index in [-0.39, 0.29) is 12.4 Å². The predicted molar refractivity (Wildman–Crippen MR) is 103 cm³/mol. The van der Waals surface area contributed by atoms with Crippen molar-refractivity contribution in [2.24, 2.45) is 0 Å². The van der Waals surface area contributed by atoms with Crippen molar-refractivity contribution in [1.29, 1.82) is 0 Å². The van der Waals surface area contributed by atoms with Gasteiger partial charge in [-0.1, -0.05) is 12.1 Å². The molecule has 1 amide bonds. The molecule has 0 fully saturated rings. The third-order valence-electron chi connectivity index (χ3n) is 3.64. The van der Waals surface area contributed by atoms with Gasteiger partial charge in [-0.15, -0.1) is 0 Å². The third-order valence-corrected chi connectivity index (χ3v) is 3.64. The van der Waals surface area contributed by atoms with Gasteiger partial charge in [0.2, 0.25) is 5.91 Å². The van der Waals surface area contributed by atoms with Gasteiger partial charge in [0.25, 0.3) is 6.47 Å². The second-order valence-electron chi connectivity index (χ2n) is 5.88. The summed E-state index contributed by atoms with van der Waals surface area (Å²) < 4.78 is 7.39. The normalized spacial score (nSPS) is 10.2. The fourth-order valence-electron chi connectivity index (χ4n) is 2.60. The number of aromatic nitrogens is 2. The van der Waals surface area contributed by atoms with E-state index in [1.54, 1.807) is 13.4 Å². The summed E-state index contributed by atoms with van der Waals surface area (Å²) in [7, 11) is 5.37. The first-order valence-electron chi connectivity index (χ1n) is 8.13. The number of imidazole rings is 1. The Labute approximate surface area is 157 Å². The third kappa shape index (κ3) is 5.05. The number of carbonyl (C=O) groups is 2. The number of para-hydroxylation sites is 2. The molecule has 0 aliphatic heterocycles. The van der Waals surface area contributed by atoms with Crippen molar-refractivity contribution in [3.05, 3.63) is 48.8 Å². The van der Waals surface area contributed by atoms with Gasteiger partial charge in [-0.25, -0.2) is 4.98 Å². The number of nitrogens with one attached hydrogen (secondary N) is 1. The molecule has 3 aromatic rings. The topological polar surface area (TPSA) is 96.7 Å². The van der Waals surface area contributed by atoms with Crippen molar-refractivity contribution in [2.45, 2.75) is 0 Å². The second kappa shape index (κ2) is 9.35. The zero-order valence-electron chi connectivity index (χ0n) is 15.4. The highest BCUT2D eigenvalue weighted by Gasteiger charge is 2.10. The molecule has 0 radical (unpaired) electrons. The molecule has 0 bridgehead atoms. The highest BCUT2D eigenvalue weighted by molar-refractivity contribution is 5.94. The van der Waals surface area contributed by atoms with E-state index in [0.29, 0.717) is 6.54 Å². The summed E-state index contributed by atoms with van der Waals surface area (Å²) in [5.41, 5.74) is 3.42. The Morgan fingerprint density at radius 2 is 2.00 bits per heavy atom. The zero-order valence-corrected chi connectivity index (χ0v) is 15.4. The molecule has 1 aromatic heterocycles. The SMILES string of the molecule is COc1ccccc1-n1cnc2cc(NC(=O)CN(C)C)ccc21.O=CO. The average molecular weight is 370 g/mol. The Kier molecular flexibility index (Phi) is 6.90. The largest absolute Gasteiger partial charge is 0.495 e. The van der Waals surface area contributed by atoms with Crippen LogP contribution in [0.25, 0.3) is 16.7 Å². The molecule has 0 aliphatic rings. The number of fused-ring (bicyclic) bond motifs is 1. The summed E-state index contributed by atoms with van der Waals surface area (Å²) in [6.45, 7) is 0.0910. The summed E-state index contributed by atoms with van der Waals surface area (Å²) >= 11 is 0. The van der Waals surface area contributed by atoms with Crippen LogP contribution in [0, 0.1) is 0 Å². The summed E-state index contributed by atoms with van der Waals surface area (Å²) in [4.78, 5) is 26.5. The molecule has 0 aliphatic carbocycles. The highest BCUT2D eigenvalue weighted by Crippen LogP contribution is 2.27. The average Bonchev–Trinajstić information content (AvgIpc) is 3.04. The van der Waals surface area contributed by atoms with Crippen molar-refractivity contribution in [3.8, 4) is 11.4 Å². The van der Waals surface area contributed by atoms with Crippen LogP contribution in [0.3, 0.4) is 0 Å². The van der Waals surface area contributed by atoms with Crippen molar-refractivity contribution in [2.75, 3.05) is 33.1 Å². The molecule has 27 heavy (non-hydrogen) atoms. The molecule has 8 nitrogen and oxygen atoms in total. The maximum atomic E-state index is 11.9. The summed E-state index contributed by atoms with van der Waals surface area (Å²) in [5, 5.41) is 9.77. The van der Waals surface area contributed by atoms with Gasteiger partial charge in [-0.05, 0) is 44.4 Å². The van der Waals surface area contributed by atoms with E-state index >= 15 is 0 Å². The Morgan fingerprint density at radius 1 is 1.30 bits per heavy atom. The van der Waals surface area contributed by atoms with Crippen LogP contribution in [0.5, 0.6) is 5.75 Å². The van der Waals surface area contributed by atoms with E-state index in [2.05, 4.69) is 10.3 Å². The molecule has 3 rings (SSSR count). The number of benzene rings is 2. The lowest BCUT2D eigenvalue weighted by atomic mass is 10.2. The van der Waals surface area contributed by atoms with Gasteiger partial charge in [0, 0.05) is 5.69 Å². The number of carbonyl (C=O) groups excluding carboxylic acids is 1. The molecule has 2 N–H and O–H groups in total. The molecular formula is C19H22N4O4. The number of methoxy groups -OCH3 is 1. The number of likely N-dealkylation sites (N-methyl/N-ethyl adjacent to an activating group) is 1. The number of amides is 1. The Hall–Kier alpha value is -3.39. The zero-order chi connectivity index (χ0) is 19.8. The van der Waals surface area contributed by atoms with Gasteiger partial charge in [0.15, 0.2) is 0 Å². The van der Waals surface area contributed by atoms with E-state index in [4.69, 9.17) is 14.6 Å². The molecule has 8 heteroatoms. The minimum absolute atomic E-state index is 0.0523. The van der Waals surface area contributed by atoms with Gasteiger partial charge >= 0.3 is 0 Å². The highest BCUT2D eigenvalue weighted by atomic mass is 16.5. The first-order chi connectivity index (χ1) is 13.0. The van der Waals surface area contributed by atoms with Gasteiger partial charge < -0.3 is 20.1 Å². The lowest BCUT2D eigenvalue weighted by Crippen LogP contribution is -2.27. The first kappa shape index (κ1) is 19.9. The van der Waals surface area contributed by atoms with Crippen LogP contribution in [0.4, 0.5) is 5.69 Å². The van der Waals surface area contributed by atoms with Crippen LogP contribution in [0.1, 0.15) is 0 Å². The molecule has 0 saturated carbocycles. The molecule has 0 saturated heterocycles. The van der Waals surface area contributed by atoms with E-state index in [0.717, 1.165) is 28.2 Å². The quantitative estimate of drug-likeness (QED) is 0.669. The minimum Gasteiger partial charge on any atom is -0.495 e. The van der Waals surface area contributed by atoms with Crippen LogP contribution in [0.15, 0.2) is 48.8 Å². The second-order valence-corrected chi connectivity index (χ2v) is 5.88. The van der Waals surface area contributed by atoms with Crippen molar-refractivity contribution in [1.82, 2.24) is 14.5 Å². The number of hydrogen-bond acceptors (Lipinski definition) is 5. The number of carboxylic acid groups (broad SMARTS) is 1. The minimum atomic E-state index is -0.250. The summed E-state index contributed by atoms with van der Waals surface area (Å²) in [6, 6.07) is 13.5. The lowest BCUT2D eigenvalue weighted by molar-refractivity contribution is -0.123. The first-order valence-corrected chi connectivity index (χ1v) is 8.13. The fraction of sp³-hybridized carbons (Fsp3) is 0.211. The Balaban J connectivity index is 0.000000817. The van der Waals surface area contributed by atoms with Gasteiger partial charge in [-0.3, -0.25) is 14.2 Å². The van der Waals surface area contributed by atoms with Crippen LogP contribution >= 0.6 is 0 Å². The molecule has 0 atom stereocenters. The van der Waals surface area contributed by atoms with Crippen molar-refractivity contribution in [3.63, 3.8) is 0 Å². The van der Waals surface area contributed by atoms with Gasteiger partial charge in [-0.2, -0.15) is 0 Å². The van der Waals surface area contributed by atoms with E-state index in [9.17, 15) is 4.79 Å². The molecule has 2 aromatic carbocycles. The Morgan fingerprint density at radius 3 is 2.67 bits per heavy atom. The molecule has 142 valence electrons. The van der Waals surface area contributed by atoms with E-state index in [1.807, 2.05) is 66.0 Å².